The number of hydrogen-bond acceptors (Lipinski definition) is 3. The first kappa shape index (κ1) is 15.2. The number of esters is 1. The molecule has 2 unspecified atom stereocenters. The SMILES string of the molecule is CCC1CCCCC1OC(=O)CNc1ccc(Cl)cc1. The van der Waals surface area contributed by atoms with Gasteiger partial charge in [0.2, 0.25) is 0 Å². The minimum atomic E-state index is -0.176. The van der Waals surface area contributed by atoms with Crippen LogP contribution in [0.15, 0.2) is 24.3 Å². The molecule has 110 valence electrons. The van der Waals surface area contributed by atoms with Gasteiger partial charge in [-0.15, -0.1) is 0 Å². The van der Waals surface area contributed by atoms with E-state index in [1.54, 1.807) is 12.1 Å². The van der Waals surface area contributed by atoms with Crippen LogP contribution in [0.5, 0.6) is 0 Å². The molecule has 0 aromatic heterocycles. The van der Waals surface area contributed by atoms with Crippen LogP contribution < -0.4 is 5.32 Å². The van der Waals surface area contributed by atoms with Crippen molar-refractivity contribution in [2.24, 2.45) is 5.92 Å². The van der Waals surface area contributed by atoms with Gasteiger partial charge in [0.1, 0.15) is 12.6 Å². The summed E-state index contributed by atoms with van der Waals surface area (Å²) in [6.07, 6.45) is 5.80. The van der Waals surface area contributed by atoms with E-state index in [2.05, 4.69) is 12.2 Å². The number of carbonyl (C=O) groups is 1. The third kappa shape index (κ3) is 4.41. The highest BCUT2D eigenvalue weighted by molar-refractivity contribution is 6.30. The van der Waals surface area contributed by atoms with Gasteiger partial charge < -0.3 is 10.1 Å². The first-order valence-corrected chi connectivity index (χ1v) is 7.75. The van der Waals surface area contributed by atoms with Crippen molar-refractivity contribution in [3.8, 4) is 0 Å². The van der Waals surface area contributed by atoms with Crippen LogP contribution in [0.25, 0.3) is 0 Å². The molecule has 1 aromatic rings. The van der Waals surface area contributed by atoms with Crippen LogP contribution in [-0.4, -0.2) is 18.6 Å². The fraction of sp³-hybridized carbons (Fsp3) is 0.562. The Kier molecular flexibility index (Phi) is 5.72. The van der Waals surface area contributed by atoms with Crippen molar-refractivity contribution < 1.29 is 9.53 Å². The van der Waals surface area contributed by atoms with Gasteiger partial charge in [0.15, 0.2) is 0 Å². The summed E-state index contributed by atoms with van der Waals surface area (Å²) in [6, 6.07) is 7.29. The molecule has 1 saturated carbocycles. The van der Waals surface area contributed by atoms with Crippen LogP contribution in [0.1, 0.15) is 39.0 Å². The van der Waals surface area contributed by atoms with Gasteiger partial charge in [0.05, 0.1) is 0 Å². The molecule has 2 atom stereocenters. The Morgan fingerprint density at radius 3 is 2.70 bits per heavy atom. The Morgan fingerprint density at radius 1 is 1.30 bits per heavy atom. The number of halogens is 1. The molecule has 3 nitrogen and oxygen atoms in total. The summed E-state index contributed by atoms with van der Waals surface area (Å²) in [5.41, 5.74) is 0.877. The molecule has 0 radical (unpaired) electrons. The molecule has 20 heavy (non-hydrogen) atoms. The summed E-state index contributed by atoms with van der Waals surface area (Å²) in [7, 11) is 0. The number of nitrogens with one attached hydrogen (secondary N) is 1. The van der Waals surface area contributed by atoms with Crippen molar-refractivity contribution in [1.82, 2.24) is 0 Å². The van der Waals surface area contributed by atoms with Crippen molar-refractivity contribution >= 4 is 23.3 Å². The lowest BCUT2D eigenvalue weighted by Gasteiger charge is -2.30. The van der Waals surface area contributed by atoms with Gasteiger partial charge in [-0.25, -0.2) is 0 Å². The van der Waals surface area contributed by atoms with Crippen molar-refractivity contribution in [2.45, 2.75) is 45.1 Å². The van der Waals surface area contributed by atoms with Gasteiger partial charge in [0.25, 0.3) is 0 Å². The smallest absolute Gasteiger partial charge is 0.325 e. The van der Waals surface area contributed by atoms with Crippen molar-refractivity contribution in [1.29, 1.82) is 0 Å². The lowest BCUT2D eigenvalue weighted by Crippen LogP contribution is -2.31. The van der Waals surface area contributed by atoms with Crippen LogP contribution in [0, 0.1) is 5.92 Å². The van der Waals surface area contributed by atoms with E-state index in [4.69, 9.17) is 16.3 Å². The molecule has 1 fully saturated rings. The highest BCUT2D eigenvalue weighted by Crippen LogP contribution is 2.29. The topological polar surface area (TPSA) is 38.3 Å². The zero-order chi connectivity index (χ0) is 14.4. The van der Waals surface area contributed by atoms with E-state index in [9.17, 15) is 4.79 Å². The van der Waals surface area contributed by atoms with E-state index in [1.807, 2.05) is 12.1 Å². The van der Waals surface area contributed by atoms with E-state index in [0.717, 1.165) is 18.5 Å². The maximum Gasteiger partial charge on any atom is 0.325 e. The number of rotatable bonds is 5. The van der Waals surface area contributed by atoms with Crippen LogP contribution in [-0.2, 0) is 9.53 Å². The average Bonchev–Trinajstić information content (AvgIpc) is 2.47. The number of benzene rings is 1. The van der Waals surface area contributed by atoms with Crippen molar-refractivity contribution in [3.05, 3.63) is 29.3 Å². The number of carbonyl (C=O) groups excluding carboxylic acids is 1. The van der Waals surface area contributed by atoms with Crippen molar-refractivity contribution in [2.75, 3.05) is 11.9 Å². The zero-order valence-corrected chi connectivity index (χ0v) is 12.7. The Hall–Kier alpha value is -1.22. The monoisotopic (exact) mass is 295 g/mol. The molecule has 0 amide bonds. The number of anilines is 1. The summed E-state index contributed by atoms with van der Waals surface area (Å²) < 4.78 is 5.61. The summed E-state index contributed by atoms with van der Waals surface area (Å²) in [5, 5.41) is 3.75. The molecular formula is C16H22ClNO2. The maximum absolute atomic E-state index is 11.9. The first-order chi connectivity index (χ1) is 9.69. The van der Waals surface area contributed by atoms with Crippen LogP contribution in [0.2, 0.25) is 5.02 Å². The normalized spacial score (nSPS) is 22.3. The Morgan fingerprint density at radius 2 is 2.00 bits per heavy atom. The fourth-order valence-electron chi connectivity index (χ4n) is 2.75. The Balaban J connectivity index is 1.78. The van der Waals surface area contributed by atoms with E-state index >= 15 is 0 Å². The molecule has 1 N–H and O–H groups in total. The second-order valence-electron chi connectivity index (χ2n) is 5.34. The van der Waals surface area contributed by atoms with Crippen LogP contribution >= 0.6 is 11.6 Å². The maximum atomic E-state index is 11.9. The summed E-state index contributed by atoms with van der Waals surface area (Å²) in [6.45, 7) is 2.37. The van der Waals surface area contributed by atoms with Crippen LogP contribution in [0.4, 0.5) is 5.69 Å². The predicted octanol–water partition coefficient (Wildman–Crippen LogP) is 4.26. The molecule has 0 spiro atoms. The molecule has 0 aliphatic heterocycles. The number of hydrogen-bond donors (Lipinski definition) is 1. The van der Waals surface area contributed by atoms with Gasteiger partial charge in [-0.3, -0.25) is 4.79 Å². The summed E-state index contributed by atoms with van der Waals surface area (Å²) >= 11 is 5.82. The standard InChI is InChI=1S/C16H22ClNO2/c1-2-12-5-3-4-6-15(12)20-16(19)11-18-14-9-7-13(17)8-10-14/h7-10,12,15,18H,2-6,11H2,1H3. The minimum Gasteiger partial charge on any atom is -0.461 e. The second-order valence-corrected chi connectivity index (χ2v) is 5.78. The van der Waals surface area contributed by atoms with E-state index in [1.165, 1.54) is 19.3 Å². The quantitative estimate of drug-likeness (QED) is 0.825. The molecule has 1 aliphatic rings. The third-order valence-electron chi connectivity index (χ3n) is 3.93. The minimum absolute atomic E-state index is 0.105. The highest BCUT2D eigenvalue weighted by Gasteiger charge is 2.26. The summed E-state index contributed by atoms with van der Waals surface area (Å²) in [4.78, 5) is 11.9. The summed E-state index contributed by atoms with van der Waals surface area (Å²) in [5.74, 6) is 0.355. The zero-order valence-electron chi connectivity index (χ0n) is 11.9. The lowest BCUT2D eigenvalue weighted by atomic mass is 9.85. The molecule has 2 rings (SSSR count). The largest absolute Gasteiger partial charge is 0.461 e. The highest BCUT2D eigenvalue weighted by atomic mass is 35.5. The van der Waals surface area contributed by atoms with Gasteiger partial charge >= 0.3 is 5.97 Å². The lowest BCUT2D eigenvalue weighted by molar-refractivity contribution is -0.151. The third-order valence-corrected chi connectivity index (χ3v) is 4.18. The molecule has 1 aliphatic carbocycles. The van der Waals surface area contributed by atoms with E-state index < -0.39 is 0 Å². The Bertz CT molecular complexity index is 433. The molecule has 0 heterocycles. The van der Waals surface area contributed by atoms with E-state index in [-0.39, 0.29) is 18.6 Å². The average molecular weight is 296 g/mol. The Labute approximate surface area is 125 Å². The van der Waals surface area contributed by atoms with Gasteiger partial charge in [-0.05, 0) is 55.9 Å². The van der Waals surface area contributed by atoms with Crippen molar-refractivity contribution in [3.63, 3.8) is 0 Å². The molecule has 1 aromatic carbocycles. The molecule has 0 saturated heterocycles. The fourth-order valence-corrected chi connectivity index (χ4v) is 2.87. The second kappa shape index (κ2) is 7.53. The van der Waals surface area contributed by atoms with Gasteiger partial charge in [-0.1, -0.05) is 24.9 Å². The molecule has 4 heteroatoms. The first-order valence-electron chi connectivity index (χ1n) is 7.38. The van der Waals surface area contributed by atoms with Gasteiger partial charge in [-0.2, -0.15) is 0 Å². The molecular weight excluding hydrogens is 274 g/mol. The van der Waals surface area contributed by atoms with Gasteiger partial charge in [0, 0.05) is 10.7 Å². The van der Waals surface area contributed by atoms with Crippen LogP contribution in [0.3, 0.4) is 0 Å². The van der Waals surface area contributed by atoms with E-state index in [0.29, 0.717) is 10.9 Å². The predicted molar refractivity (Wildman–Crippen MR) is 82.1 cm³/mol. The number of ether oxygens (including phenoxy) is 1. The molecule has 0 bridgehead atoms.